The summed E-state index contributed by atoms with van der Waals surface area (Å²) in [6.07, 6.45) is 2.33. The first-order valence-corrected chi connectivity index (χ1v) is 10.9. The molecule has 156 valence electrons. The summed E-state index contributed by atoms with van der Waals surface area (Å²) in [6.45, 7) is 4.40. The van der Waals surface area contributed by atoms with E-state index >= 15 is 0 Å². The van der Waals surface area contributed by atoms with Crippen molar-refractivity contribution < 1.29 is 4.79 Å². The number of benzene rings is 2. The zero-order valence-corrected chi connectivity index (χ0v) is 18.7. The Labute approximate surface area is 190 Å². The zero-order chi connectivity index (χ0) is 21.3. The summed E-state index contributed by atoms with van der Waals surface area (Å²) in [4.78, 5) is 19.9. The monoisotopic (exact) mass is 462 g/mol. The Kier molecular flexibility index (Phi) is 6.34. The third-order valence-corrected chi connectivity index (χ3v) is 6.04. The Balaban J connectivity index is 1.76. The maximum Gasteiger partial charge on any atom is 0.272 e. The topological polar surface area (TPSA) is 50.2 Å². The van der Waals surface area contributed by atoms with Crippen LogP contribution in [0.15, 0.2) is 42.5 Å². The highest BCUT2D eigenvalue weighted by atomic mass is 35.5. The van der Waals surface area contributed by atoms with E-state index in [2.05, 4.69) is 15.2 Å². The molecule has 1 fully saturated rings. The summed E-state index contributed by atoms with van der Waals surface area (Å²) in [6, 6.07) is 12.6. The minimum absolute atomic E-state index is 0.210. The van der Waals surface area contributed by atoms with E-state index in [1.165, 1.54) is 12.8 Å². The minimum atomic E-state index is -0.210. The molecule has 1 aliphatic rings. The third-order valence-electron chi connectivity index (χ3n) is 5.24. The van der Waals surface area contributed by atoms with Gasteiger partial charge in [-0.1, -0.05) is 34.8 Å². The van der Waals surface area contributed by atoms with Crippen LogP contribution in [-0.4, -0.2) is 40.1 Å². The summed E-state index contributed by atoms with van der Waals surface area (Å²) < 4.78 is 1.91. The number of imidazole rings is 1. The van der Waals surface area contributed by atoms with Crippen molar-refractivity contribution in [1.29, 1.82) is 0 Å². The normalized spacial score (nSPS) is 14.3. The van der Waals surface area contributed by atoms with E-state index in [9.17, 15) is 4.79 Å². The van der Waals surface area contributed by atoms with Crippen molar-refractivity contribution in [2.45, 2.75) is 19.8 Å². The third kappa shape index (κ3) is 4.35. The highest BCUT2D eigenvalue weighted by Gasteiger charge is 2.23. The van der Waals surface area contributed by atoms with Gasteiger partial charge in [-0.2, -0.15) is 0 Å². The van der Waals surface area contributed by atoms with Crippen LogP contribution in [0.5, 0.6) is 0 Å². The van der Waals surface area contributed by atoms with Crippen LogP contribution < -0.4 is 5.32 Å². The molecule has 0 radical (unpaired) electrons. The van der Waals surface area contributed by atoms with Crippen molar-refractivity contribution in [3.8, 4) is 17.1 Å². The second-order valence-corrected chi connectivity index (χ2v) is 8.57. The summed E-state index contributed by atoms with van der Waals surface area (Å²) in [5.41, 5.74) is 2.61. The largest absolute Gasteiger partial charge is 0.338 e. The van der Waals surface area contributed by atoms with Gasteiger partial charge >= 0.3 is 0 Å². The molecule has 2 aromatic carbocycles. The molecule has 0 saturated carbocycles. The first-order valence-electron chi connectivity index (χ1n) is 9.75. The number of carbonyl (C=O) groups is 1. The van der Waals surface area contributed by atoms with E-state index in [4.69, 9.17) is 34.8 Å². The quantitative estimate of drug-likeness (QED) is 0.536. The fourth-order valence-corrected chi connectivity index (χ4v) is 4.30. The highest BCUT2D eigenvalue weighted by Crippen LogP contribution is 2.33. The zero-order valence-electron chi connectivity index (χ0n) is 16.5. The van der Waals surface area contributed by atoms with Gasteiger partial charge in [-0.15, -0.1) is 0 Å². The molecule has 1 saturated heterocycles. The lowest BCUT2D eigenvalue weighted by atomic mass is 10.2. The Morgan fingerprint density at radius 1 is 1.03 bits per heavy atom. The number of nitrogens with one attached hydrogen (secondary N) is 1. The summed E-state index contributed by atoms with van der Waals surface area (Å²) >= 11 is 18.6. The molecule has 1 N–H and O–H groups in total. The number of hydrogen-bond acceptors (Lipinski definition) is 3. The molecule has 1 aliphatic heterocycles. The molecular formula is C22H21Cl3N4O. The summed E-state index contributed by atoms with van der Waals surface area (Å²) in [7, 11) is 0. The lowest BCUT2D eigenvalue weighted by Crippen LogP contribution is -2.36. The number of aromatic nitrogens is 2. The van der Waals surface area contributed by atoms with Gasteiger partial charge in [-0.3, -0.25) is 14.3 Å². The lowest BCUT2D eigenvalue weighted by molar-refractivity contribution is 0.0924. The van der Waals surface area contributed by atoms with Crippen molar-refractivity contribution in [3.63, 3.8) is 0 Å². The molecule has 0 spiro atoms. The maximum atomic E-state index is 13.0. The second kappa shape index (κ2) is 8.98. The predicted octanol–water partition coefficient (Wildman–Crippen LogP) is 5.59. The molecule has 0 bridgehead atoms. The molecule has 3 aromatic rings. The van der Waals surface area contributed by atoms with E-state index in [0.717, 1.165) is 24.5 Å². The minimum Gasteiger partial charge on any atom is -0.338 e. The standard InChI is InChI=1S/C22H21Cl3N4O/c1-14-20(22(30)26-13-28-10-2-3-11-28)27-21(18-9-6-16(24)12-19(18)25)29(14)17-7-4-15(23)5-8-17/h4-9,12H,2-3,10-11,13H2,1H3,(H,26,30). The van der Waals surface area contributed by atoms with E-state index in [1.54, 1.807) is 24.3 Å². The van der Waals surface area contributed by atoms with Gasteiger partial charge in [0.05, 0.1) is 17.4 Å². The Bertz CT molecular complexity index is 1070. The van der Waals surface area contributed by atoms with Gasteiger partial charge in [0.2, 0.25) is 0 Å². The van der Waals surface area contributed by atoms with Crippen molar-refractivity contribution >= 4 is 40.7 Å². The molecule has 2 heterocycles. The molecule has 0 atom stereocenters. The van der Waals surface area contributed by atoms with E-state index in [1.807, 2.05) is 29.7 Å². The fraction of sp³-hybridized carbons (Fsp3) is 0.273. The van der Waals surface area contributed by atoms with Crippen LogP contribution in [0.1, 0.15) is 29.0 Å². The van der Waals surface area contributed by atoms with Crippen LogP contribution in [0.3, 0.4) is 0 Å². The van der Waals surface area contributed by atoms with E-state index in [-0.39, 0.29) is 5.91 Å². The van der Waals surface area contributed by atoms with Crippen LogP contribution in [0.2, 0.25) is 15.1 Å². The molecule has 5 nitrogen and oxygen atoms in total. The van der Waals surface area contributed by atoms with Crippen molar-refractivity contribution in [1.82, 2.24) is 19.8 Å². The van der Waals surface area contributed by atoms with Gasteiger partial charge in [-0.25, -0.2) is 4.98 Å². The highest BCUT2D eigenvalue weighted by molar-refractivity contribution is 6.36. The number of hydrogen-bond donors (Lipinski definition) is 1. The van der Waals surface area contributed by atoms with Crippen LogP contribution in [0.25, 0.3) is 17.1 Å². The molecule has 1 aromatic heterocycles. The summed E-state index contributed by atoms with van der Waals surface area (Å²) in [5, 5.41) is 4.63. The first-order chi connectivity index (χ1) is 14.4. The number of nitrogens with zero attached hydrogens (tertiary/aromatic N) is 3. The van der Waals surface area contributed by atoms with Gasteiger partial charge in [0.25, 0.3) is 5.91 Å². The smallest absolute Gasteiger partial charge is 0.272 e. The summed E-state index contributed by atoms with van der Waals surface area (Å²) in [5.74, 6) is 0.362. The molecule has 0 aliphatic carbocycles. The van der Waals surface area contributed by atoms with Crippen molar-refractivity contribution in [2.24, 2.45) is 0 Å². The van der Waals surface area contributed by atoms with Crippen LogP contribution >= 0.6 is 34.8 Å². The van der Waals surface area contributed by atoms with Gasteiger partial charge in [0.15, 0.2) is 0 Å². The Hall–Kier alpha value is -2.05. The van der Waals surface area contributed by atoms with Crippen LogP contribution in [0.4, 0.5) is 0 Å². The number of amides is 1. The fourth-order valence-electron chi connectivity index (χ4n) is 3.68. The molecule has 4 rings (SSSR count). The van der Waals surface area contributed by atoms with E-state index < -0.39 is 0 Å². The van der Waals surface area contributed by atoms with Gasteiger partial charge in [0.1, 0.15) is 11.5 Å². The molecular weight excluding hydrogens is 443 g/mol. The predicted molar refractivity (Wildman–Crippen MR) is 122 cm³/mol. The molecule has 0 unspecified atom stereocenters. The van der Waals surface area contributed by atoms with Crippen LogP contribution in [-0.2, 0) is 0 Å². The SMILES string of the molecule is Cc1c(C(=O)NCN2CCCC2)nc(-c2ccc(Cl)cc2Cl)n1-c1ccc(Cl)cc1. The second-order valence-electron chi connectivity index (χ2n) is 7.29. The first kappa shape index (κ1) is 21.2. The van der Waals surface area contributed by atoms with Crippen LogP contribution in [0, 0.1) is 6.92 Å². The number of likely N-dealkylation sites (tertiary alicyclic amines) is 1. The number of rotatable bonds is 5. The molecule has 8 heteroatoms. The number of carbonyl (C=O) groups excluding carboxylic acids is 1. The average molecular weight is 464 g/mol. The molecule has 1 amide bonds. The van der Waals surface area contributed by atoms with Gasteiger partial charge in [-0.05, 0) is 75.3 Å². The maximum absolute atomic E-state index is 13.0. The van der Waals surface area contributed by atoms with Gasteiger partial charge < -0.3 is 5.32 Å². The molecule has 30 heavy (non-hydrogen) atoms. The Morgan fingerprint density at radius 3 is 2.37 bits per heavy atom. The van der Waals surface area contributed by atoms with Crippen molar-refractivity contribution in [3.05, 3.63) is 68.9 Å². The van der Waals surface area contributed by atoms with Gasteiger partial charge in [0, 0.05) is 21.3 Å². The Morgan fingerprint density at radius 2 is 1.70 bits per heavy atom. The lowest BCUT2D eigenvalue weighted by Gasteiger charge is -2.15. The van der Waals surface area contributed by atoms with E-state index in [0.29, 0.717) is 38.8 Å². The average Bonchev–Trinajstić information content (AvgIpc) is 3.35. The number of halogens is 3. The van der Waals surface area contributed by atoms with Crippen molar-refractivity contribution in [2.75, 3.05) is 19.8 Å².